The zero-order valence-corrected chi connectivity index (χ0v) is 18.7. The topological polar surface area (TPSA) is 77.6 Å². The maximum Gasteiger partial charge on any atom is 0.229 e. The van der Waals surface area contributed by atoms with Crippen molar-refractivity contribution in [1.29, 1.82) is 0 Å². The molecule has 0 spiro atoms. The first kappa shape index (κ1) is 23.7. The van der Waals surface area contributed by atoms with Crippen molar-refractivity contribution in [1.82, 2.24) is 21.5 Å². The molecule has 30 heavy (non-hydrogen) atoms. The van der Waals surface area contributed by atoms with Crippen molar-refractivity contribution in [2.24, 2.45) is 16.8 Å². The molecule has 3 fully saturated rings. The van der Waals surface area contributed by atoms with Crippen LogP contribution < -0.4 is 21.5 Å². The maximum absolute atomic E-state index is 13.8. The number of rotatable bonds is 5. The highest BCUT2D eigenvalue weighted by atomic mass is 35.5. The molecule has 4 N–H and O–H groups in total. The first-order valence-corrected chi connectivity index (χ1v) is 11.9. The van der Waals surface area contributed by atoms with E-state index in [9.17, 15) is 13.6 Å². The molecule has 3 aliphatic rings. The van der Waals surface area contributed by atoms with E-state index in [0.717, 1.165) is 32.1 Å². The van der Waals surface area contributed by atoms with Crippen LogP contribution in [0.4, 0.5) is 8.78 Å². The van der Waals surface area contributed by atoms with Crippen molar-refractivity contribution in [2.75, 3.05) is 0 Å². The number of hydrazine groups is 1. The third-order valence-electron chi connectivity index (χ3n) is 6.66. The molecule has 3 rings (SSSR count). The molecule has 1 amide bonds. The summed E-state index contributed by atoms with van der Waals surface area (Å²) in [4.78, 5) is 17.4. The minimum absolute atomic E-state index is 0.0128. The molecular weight excluding hydrogens is 412 g/mol. The second-order valence-corrected chi connectivity index (χ2v) is 9.80. The van der Waals surface area contributed by atoms with E-state index < -0.39 is 12.3 Å². The molecular formula is C21H36ClF2N5O. The van der Waals surface area contributed by atoms with Crippen LogP contribution in [0.1, 0.15) is 71.6 Å². The standard InChI is InChI=1S/C21H36ClF2N5O/c1-3-12(2)25-21(27-20(30)13-4-6-15(22)7-5-13)26-19-11-18(28-29-19)14-8-16(23)10-17(24)9-14/h12-19,28-29H,3-11H2,1-2H3,(H2,25,26,27,30). The molecule has 2 saturated carbocycles. The normalized spacial score (nSPS) is 38.8. The van der Waals surface area contributed by atoms with Gasteiger partial charge in [-0.2, -0.15) is 0 Å². The molecule has 0 aromatic carbocycles. The number of carbonyl (C=O) groups excluding carboxylic acids is 1. The number of carbonyl (C=O) groups is 1. The van der Waals surface area contributed by atoms with E-state index in [-0.39, 0.29) is 47.8 Å². The smallest absolute Gasteiger partial charge is 0.229 e. The van der Waals surface area contributed by atoms with Gasteiger partial charge in [0.05, 0.1) is 0 Å². The van der Waals surface area contributed by atoms with Crippen molar-refractivity contribution in [2.45, 2.75) is 108 Å². The summed E-state index contributed by atoms with van der Waals surface area (Å²) in [6.07, 6.45) is 3.17. The van der Waals surface area contributed by atoms with E-state index in [4.69, 9.17) is 11.6 Å². The summed E-state index contributed by atoms with van der Waals surface area (Å²) in [5.74, 6) is 0.334. The lowest BCUT2D eigenvalue weighted by Crippen LogP contribution is -2.48. The zero-order chi connectivity index (χ0) is 21.7. The van der Waals surface area contributed by atoms with Crippen molar-refractivity contribution >= 4 is 23.5 Å². The molecule has 172 valence electrons. The van der Waals surface area contributed by atoms with Crippen LogP contribution in [0.5, 0.6) is 0 Å². The Labute approximate surface area is 183 Å². The molecule has 1 heterocycles. The number of guanidine groups is 1. The van der Waals surface area contributed by atoms with E-state index in [0.29, 0.717) is 25.2 Å². The minimum atomic E-state index is -1.08. The average molecular weight is 448 g/mol. The number of hydrogen-bond acceptors (Lipinski definition) is 4. The largest absolute Gasteiger partial charge is 0.354 e. The Bertz CT molecular complexity index is 592. The number of nitrogens with one attached hydrogen (secondary N) is 4. The van der Waals surface area contributed by atoms with Gasteiger partial charge >= 0.3 is 0 Å². The van der Waals surface area contributed by atoms with Gasteiger partial charge in [0.25, 0.3) is 0 Å². The second kappa shape index (κ2) is 11.0. The van der Waals surface area contributed by atoms with E-state index in [2.05, 4.69) is 33.4 Å². The van der Waals surface area contributed by atoms with Gasteiger partial charge in [0.1, 0.15) is 18.5 Å². The van der Waals surface area contributed by atoms with Crippen molar-refractivity contribution in [3.05, 3.63) is 0 Å². The van der Waals surface area contributed by atoms with Crippen molar-refractivity contribution < 1.29 is 13.6 Å². The number of nitrogens with zero attached hydrogens (tertiary/aromatic N) is 1. The highest BCUT2D eigenvalue weighted by molar-refractivity contribution is 6.20. The Balaban J connectivity index is 1.59. The predicted octanol–water partition coefficient (Wildman–Crippen LogP) is 3.31. The Morgan fingerprint density at radius 1 is 1.10 bits per heavy atom. The fraction of sp³-hybridized carbons (Fsp3) is 0.905. The number of alkyl halides is 3. The van der Waals surface area contributed by atoms with Gasteiger partial charge in [-0.15, -0.1) is 11.6 Å². The van der Waals surface area contributed by atoms with Gasteiger partial charge in [0.2, 0.25) is 5.91 Å². The average Bonchev–Trinajstić information content (AvgIpc) is 3.16. The van der Waals surface area contributed by atoms with Crippen LogP contribution in [0.3, 0.4) is 0 Å². The number of amides is 1. The lowest BCUT2D eigenvalue weighted by Gasteiger charge is -2.31. The van der Waals surface area contributed by atoms with E-state index in [1.807, 2.05) is 6.92 Å². The van der Waals surface area contributed by atoms with Crippen LogP contribution >= 0.6 is 11.6 Å². The Morgan fingerprint density at radius 3 is 2.40 bits per heavy atom. The van der Waals surface area contributed by atoms with E-state index in [1.54, 1.807) is 0 Å². The maximum atomic E-state index is 13.8. The predicted molar refractivity (Wildman–Crippen MR) is 116 cm³/mol. The molecule has 6 nitrogen and oxygen atoms in total. The minimum Gasteiger partial charge on any atom is -0.354 e. The first-order chi connectivity index (χ1) is 14.3. The van der Waals surface area contributed by atoms with Gasteiger partial charge in [-0.1, -0.05) is 6.92 Å². The number of halogens is 3. The lowest BCUT2D eigenvalue weighted by atomic mass is 9.81. The number of hydrogen-bond donors (Lipinski definition) is 4. The summed E-state index contributed by atoms with van der Waals surface area (Å²) in [6.45, 7) is 4.10. The van der Waals surface area contributed by atoms with Crippen LogP contribution in [0.25, 0.3) is 0 Å². The van der Waals surface area contributed by atoms with Crippen LogP contribution in [-0.2, 0) is 4.79 Å². The fourth-order valence-corrected chi connectivity index (χ4v) is 4.89. The van der Waals surface area contributed by atoms with E-state index >= 15 is 0 Å². The summed E-state index contributed by atoms with van der Waals surface area (Å²) < 4.78 is 27.6. The first-order valence-electron chi connectivity index (χ1n) is 11.4. The third-order valence-corrected chi connectivity index (χ3v) is 7.10. The fourth-order valence-electron chi connectivity index (χ4n) is 4.64. The van der Waals surface area contributed by atoms with Crippen LogP contribution in [0.15, 0.2) is 4.99 Å². The molecule has 1 saturated heterocycles. The third kappa shape index (κ3) is 6.76. The Morgan fingerprint density at radius 2 is 1.77 bits per heavy atom. The summed E-state index contributed by atoms with van der Waals surface area (Å²) in [5.41, 5.74) is 6.29. The summed E-state index contributed by atoms with van der Waals surface area (Å²) >= 11 is 6.16. The van der Waals surface area contributed by atoms with Crippen molar-refractivity contribution in [3.63, 3.8) is 0 Å². The van der Waals surface area contributed by atoms with Gasteiger partial charge in [-0.25, -0.2) is 19.2 Å². The summed E-state index contributed by atoms with van der Waals surface area (Å²) in [5, 5.41) is 6.42. The van der Waals surface area contributed by atoms with E-state index in [1.165, 1.54) is 0 Å². The van der Waals surface area contributed by atoms with Crippen molar-refractivity contribution in [3.8, 4) is 0 Å². The van der Waals surface area contributed by atoms with Gasteiger partial charge in [0.15, 0.2) is 5.96 Å². The van der Waals surface area contributed by atoms with Gasteiger partial charge in [-0.3, -0.25) is 15.5 Å². The number of aliphatic imine (C=N–C) groups is 1. The summed E-state index contributed by atoms with van der Waals surface area (Å²) in [6, 6.07) is 0.126. The van der Waals surface area contributed by atoms with Crippen LogP contribution in [0, 0.1) is 11.8 Å². The molecule has 0 aromatic heterocycles. The molecule has 2 aliphatic carbocycles. The summed E-state index contributed by atoms with van der Waals surface area (Å²) in [7, 11) is 0. The van der Waals surface area contributed by atoms with Crippen LogP contribution in [0.2, 0.25) is 0 Å². The lowest BCUT2D eigenvalue weighted by molar-refractivity contribution is -0.124. The molecule has 5 atom stereocenters. The molecule has 5 unspecified atom stereocenters. The molecule has 0 radical (unpaired) electrons. The molecule has 9 heteroatoms. The Hall–Kier alpha value is -0.990. The highest BCUT2D eigenvalue weighted by Crippen LogP contribution is 2.33. The monoisotopic (exact) mass is 447 g/mol. The van der Waals surface area contributed by atoms with Gasteiger partial charge in [0, 0.05) is 36.2 Å². The zero-order valence-electron chi connectivity index (χ0n) is 18.0. The quantitative estimate of drug-likeness (QED) is 0.296. The molecule has 0 bridgehead atoms. The molecule has 1 aliphatic heterocycles. The molecule has 0 aromatic rings. The SMILES string of the molecule is CCC(C)N/C(=N\C1CC(C2CC(F)CC(F)C2)NN1)NC(=O)C1CCC(Cl)CC1. The van der Waals surface area contributed by atoms with Gasteiger partial charge in [-0.05, 0) is 57.8 Å². The van der Waals surface area contributed by atoms with Gasteiger partial charge < -0.3 is 5.32 Å². The Kier molecular flexibility index (Phi) is 8.72. The van der Waals surface area contributed by atoms with Crippen LogP contribution in [-0.4, -0.2) is 47.8 Å². The highest BCUT2D eigenvalue weighted by Gasteiger charge is 2.37. The second-order valence-electron chi connectivity index (χ2n) is 9.18.